The van der Waals surface area contributed by atoms with Gasteiger partial charge in [-0.25, -0.2) is 0 Å². The summed E-state index contributed by atoms with van der Waals surface area (Å²) in [5, 5.41) is 0. The molecule has 0 aromatic carbocycles. The highest BCUT2D eigenvalue weighted by Crippen LogP contribution is 2.32. The molecule has 0 amide bonds. The molecule has 0 spiro atoms. The van der Waals surface area contributed by atoms with Crippen LogP contribution in [-0.2, 0) is 19.1 Å². The Balaban J connectivity index is 0.00000111. The quantitative estimate of drug-likeness (QED) is 0.144. The van der Waals surface area contributed by atoms with Crippen molar-refractivity contribution in [2.75, 3.05) is 26.7 Å². The average molecular weight is 583 g/mol. The van der Waals surface area contributed by atoms with E-state index in [4.69, 9.17) is 21.1 Å². The van der Waals surface area contributed by atoms with Crippen LogP contribution in [0, 0.1) is 0 Å². The molecule has 0 bridgehead atoms. The first-order valence-corrected chi connectivity index (χ1v) is 14.4. The van der Waals surface area contributed by atoms with E-state index < -0.39 is 5.56 Å². The molecule has 37 heavy (non-hydrogen) atoms. The zero-order chi connectivity index (χ0) is 27.0. The molecule has 11 heteroatoms. The van der Waals surface area contributed by atoms with E-state index >= 15 is 0 Å². The van der Waals surface area contributed by atoms with E-state index in [1.807, 2.05) is 13.8 Å². The molecule has 3 unspecified atom stereocenters. The molecule has 0 radical (unpaired) electrons. The first-order chi connectivity index (χ1) is 17.2. The molecule has 0 N–H and O–H groups in total. The third-order valence-corrected chi connectivity index (χ3v) is 6.94. The van der Waals surface area contributed by atoms with Crippen molar-refractivity contribution in [1.29, 1.82) is 0 Å². The molecule has 3 atom stereocenters. The number of rotatable bonds is 14. The predicted molar refractivity (Wildman–Crippen MR) is 145 cm³/mol. The standard InChI is InChI=1S/C20H34N3O3S.C6H11ClO2.ClH/c1-5-8-9-10-14-25-20-19(21-27-22-20)16-12-11-13-23(4,15-16)17(6-2)26-18(24)7-3;1-3-5(7)9-6(8)4-2;/h12,17H,5-11,13-15H2,1-4H3;5H,3-4H2,1-2H3;1H/q+1;;/p-1. The average Bonchev–Trinajstić information content (AvgIpc) is 3.35. The van der Waals surface area contributed by atoms with Crippen LogP contribution >= 0.6 is 23.3 Å². The summed E-state index contributed by atoms with van der Waals surface area (Å²) in [6, 6.07) is 0. The molecule has 2 rings (SSSR count). The van der Waals surface area contributed by atoms with Crippen LogP contribution in [0.1, 0.15) is 98.1 Å². The lowest BCUT2D eigenvalue weighted by Crippen LogP contribution is -3.00. The molecule has 0 aliphatic carbocycles. The van der Waals surface area contributed by atoms with Gasteiger partial charge in [0.15, 0.2) is 5.56 Å². The number of alkyl halides is 1. The SMILES string of the molecule is CCC(=O)OC(Cl)CC.CCCCCCOc1nsnc1C1=CCC[N+](C)(C(CC)OC(=O)CC)C1.[Cl-]. The second kappa shape index (κ2) is 19.6. The normalized spacial score (nSPS) is 18.3. The summed E-state index contributed by atoms with van der Waals surface area (Å²) >= 11 is 6.69. The van der Waals surface area contributed by atoms with Gasteiger partial charge < -0.3 is 26.6 Å². The third-order valence-electron chi connectivity index (χ3n) is 6.03. The number of carbonyl (C=O) groups is 2. The minimum absolute atomic E-state index is 0. The number of likely N-dealkylation sites (N-methyl/N-ethyl adjacent to an activating group) is 1. The van der Waals surface area contributed by atoms with Crippen molar-refractivity contribution < 1.29 is 40.7 Å². The molecule has 0 saturated heterocycles. The van der Waals surface area contributed by atoms with Gasteiger partial charge in [-0.1, -0.05) is 71.6 Å². The van der Waals surface area contributed by atoms with Crippen LogP contribution in [0.3, 0.4) is 0 Å². The maximum Gasteiger partial charge on any atom is 0.309 e. The third kappa shape index (κ3) is 12.8. The van der Waals surface area contributed by atoms with Gasteiger partial charge >= 0.3 is 11.9 Å². The van der Waals surface area contributed by atoms with Gasteiger partial charge in [0.05, 0.1) is 31.9 Å². The summed E-state index contributed by atoms with van der Waals surface area (Å²) in [4.78, 5) is 22.3. The highest BCUT2D eigenvalue weighted by molar-refractivity contribution is 6.99. The van der Waals surface area contributed by atoms with Crippen LogP contribution < -0.4 is 17.1 Å². The number of esters is 2. The van der Waals surface area contributed by atoms with Crippen molar-refractivity contribution in [2.45, 2.75) is 104 Å². The number of carbonyl (C=O) groups excluding carboxylic acids is 2. The van der Waals surface area contributed by atoms with E-state index in [-0.39, 0.29) is 30.6 Å². The van der Waals surface area contributed by atoms with Crippen LogP contribution in [0.2, 0.25) is 0 Å². The van der Waals surface area contributed by atoms with Gasteiger partial charge in [0, 0.05) is 31.3 Å². The second-order valence-electron chi connectivity index (χ2n) is 9.07. The minimum Gasteiger partial charge on any atom is -1.00 e. The van der Waals surface area contributed by atoms with E-state index in [1.54, 1.807) is 6.92 Å². The molecule has 1 aliphatic heterocycles. The second-order valence-corrected chi connectivity index (χ2v) is 10.1. The molecule has 1 aliphatic rings. The number of aromatic nitrogens is 2. The van der Waals surface area contributed by atoms with Crippen molar-refractivity contribution in [1.82, 2.24) is 8.75 Å². The van der Waals surface area contributed by atoms with Crippen molar-refractivity contribution in [3.8, 4) is 5.88 Å². The van der Waals surface area contributed by atoms with Gasteiger partial charge in [0.2, 0.25) is 6.23 Å². The van der Waals surface area contributed by atoms with Crippen LogP contribution in [0.25, 0.3) is 5.57 Å². The lowest BCUT2D eigenvalue weighted by molar-refractivity contribution is -0.947. The molecule has 2 heterocycles. The van der Waals surface area contributed by atoms with Crippen LogP contribution in [0.15, 0.2) is 6.08 Å². The first-order valence-electron chi connectivity index (χ1n) is 13.3. The summed E-state index contributed by atoms with van der Waals surface area (Å²) in [5.41, 5.74) is 1.56. The Bertz CT molecular complexity index is 824. The topological polar surface area (TPSA) is 87.6 Å². The van der Waals surface area contributed by atoms with E-state index in [9.17, 15) is 9.59 Å². The van der Waals surface area contributed by atoms with Gasteiger partial charge in [-0.2, -0.15) is 4.37 Å². The molecular weight excluding hydrogens is 537 g/mol. The number of ether oxygens (including phenoxy) is 3. The summed E-state index contributed by atoms with van der Waals surface area (Å²) in [5.74, 6) is 0.273. The molecule has 0 fully saturated rings. The van der Waals surface area contributed by atoms with Gasteiger partial charge in [0.1, 0.15) is 12.2 Å². The van der Waals surface area contributed by atoms with Crippen LogP contribution in [0.5, 0.6) is 5.88 Å². The molecule has 8 nitrogen and oxygen atoms in total. The van der Waals surface area contributed by atoms with Gasteiger partial charge in [-0.15, -0.1) is 4.37 Å². The summed E-state index contributed by atoms with van der Waals surface area (Å²) in [7, 11) is 2.16. The lowest BCUT2D eigenvalue weighted by atomic mass is 10.0. The number of unbranched alkanes of at least 4 members (excludes halogenated alkanes) is 3. The van der Waals surface area contributed by atoms with E-state index in [2.05, 4.69) is 40.5 Å². The Hall–Kier alpha value is -1.42. The fourth-order valence-electron chi connectivity index (χ4n) is 3.85. The highest BCUT2D eigenvalue weighted by Gasteiger charge is 2.38. The number of quaternary nitrogens is 1. The smallest absolute Gasteiger partial charge is 0.309 e. The minimum atomic E-state index is -0.447. The van der Waals surface area contributed by atoms with E-state index in [1.165, 1.54) is 31.0 Å². The maximum absolute atomic E-state index is 11.8. The van der Waals surface area contributed by atoms with Crippen molar-refractivity contribution in [3.63, 3.8) is 0 Å². The number of nitrogens with zero attached hydrogens (tertiary/aromatic N) is 3. The summed E-state index contributed by atoms with van der Waals surface area (Å²) in [6.45, 7) is 12.1. The zero-order valence-corrected chi connectivity index (χ0v) is 25.6. The highest BCUT2D eigenvalue weighted by atomic mass is 35.5. The molecular formula is C26H45Cl2N3O5S. The maximum atomic E-state index is 11.8. The number of halogens is 2. The first kappa shape index (κ1) is 35.6. The monoisotopic (exact) mass is 581 g/mol. The van der Waals surface area contributed by atoms with Gasteiger partial charge in [0.25, 0.3) is 5.88 Å². The van der Waals surface area contributed by atoms with Crippen molar-refractivity contribution in [3.05, 3.63) is 11.8 Å². The van der Waals surface area contributed by atoms with E-state index in [0.717, 1.165) is 43.6 Å². The van der Waals surface area contributed by atoms with Gasteiger partial charge in [-0.05, 0) is 12.8 Å². The zero-order valence-electron chi connectivity index (χ0n) is 23.3. The largest absolute Gasteiger partial charge is 1.00 e. The Morgan fingerprint density at radius 3 is 2.30 bits per heavy atom. The van der Waals surface area contributed by atoms with E-state index in [0.29, 0.717) is 36.2 Å². The lowest BCUT2D eigenvalue weighted by Gasteiger charge is -2.42. The Labute approximate surface area is 238 Å². The molecule has 1 aromatic rings. The molecule has 1 aromatic heterocycles. The summed E-state index contributed by atoms with van der Waals surface area (Å²) in [6.07, 6.45) is 9.97. The predicted octanol–water partition coefficient (Wildman–Crippen LogP) is 3.34. The number of hydrogen-bond donors (Lipinski definition) is 0. The summed E-state index contributed by atoms with van der Waals surface area (Å²) < 4.78 is 25.9. The Kier molecular flexibility index (Phi) is 18.9. The fourth-order valence-corrected chi connectivity index (χ4v) is 4.48. The molecule has 0 saturated carbocycles. The van der Waals surface area contributed by atoms with Crippen molar-refractivity contribution >= 4 is 40.8 Å². The van der Waals surface area contributed by atoms with Crippen LogP contribution in [0.4, 0.5) is 0 Å². The van der Waals surface area contributed by atoms with Crippen LogP contribution in [-0.4, -0.2) is 63.7 Å². The molecule has 214 valence electrons. The Morgan fingerprint density at radius 2 is 1.70 bits per heavy atom. The Morgan fingerprint density at radius 1 is 1.03 bits per heavy atom. The number of hydrogen-bond acceptors (Lipinski definition) is 8. The van der Waals surface area contributed by atoms with Crippen molar-refractivity contribution in [2.24, 2.45) is 0 Å². The fraction of sp³-hybridized carbons (Fsp3) is 0.769. The van der Waals surface area contributed by atoms with Gasteiger partial charge in [-0.3, -0.25) is 14.1 Å².